The summed E-state index contributed by atoms with van der Waals surface area (Å²) in [6.07, 6.45) is 0. The van der Waals surface area contributed by atoms with E-state index in [1.807, 2.05) is 0 Å². The van der Waals surface area contributed by atoms with Crippen molar-refractivity contribution in [3.63, 3.8) is 0 Å². The number of hydrogen-bond donors (Lipinski definition) is 1. The Morgan fingerprint density at radius 2 is 2.33 bits per heavy atom. The maximum atomic E-state index is 11.0. The van der Waals surface area contributed by atoms with Crippen LogP contribution in [0.1, 0.15) is 6.92 Å². The monoisotopic (exact) mass is 167 g/mol. The van der Waals surface area contributed by atoms with Crippen molar-refractivity contribution in [2.45, 2.75) is 6.92 Å². The van der Waals surface area contributed by atoms with Gasteiger partial charge in [0, 0.05) is 12.6 Å². The summed E-state index contributed by atoms with van der Waals surface area (Å²) < 4.78 is 1.36. The molecule has 0 aliphatic carbocycles. The highest BCUT2D eigenvalue weighted by atomic mass is 16.1. The van der Waals surface area contributed by atoms with Crippen molar-refractivity contribution < 1.29 is 4.79 Å². The number of aromatic nitrogens is 4. The van der Waals surface area contributed by atoms with Crippen molar-refractivity contribution in [1.29, 1.82) is 0 Å². The number of hydrogen-bond acceptors (Lipinski definition) is 4. The molecule has 0 spiro atoms. The van der Waals surface area contributed by atoms with E-state index in [1.54, 1.807) is 14.0 Å². The number of amides is 1. The lowest BCUT2D eigenvalue weighted by molar-refractivity contribution is -0.112. The highest BCUT2D eigenvalue weighted by molar-refractivity contribution is 6.01. The number of aryl methyl sites for hydroxylation is 1. The molecule has 1 heterocycles. The molecule has 1 aromatic rings. The highest BCUT2D eigenvalue weighted by Gasteiger charge is 2.06. The van der Waals surface area contributed by atoms with Crippen molar-refractivity contribution in [2.24, 2.45) is 7.05 Å². The molecule has 12 heavy (non-hydrogen) atoms. The first-order valence-corrected chi connectivity index (χ1v) is 3.30. The standard InChI is InChI=1S/C6H9N5O/c1-4(2)5(12)7-6-8-9-10-11(6)3/h1H2,2-3H3,(H,7,8,10,12). The molecule has 0 radical (unpaired) electrons. The summed E-state index contributed by atoms with van der Waals surface area (Å²) in [5.74, 6) is 0.0240. The van der Waals surface area contributed by atoms with Gasteiger partial charge in [-0.1, -0.05) is 11.7 Å². The van der Waals surface area contributed by atoms with Gasteiger partial charge in [0.05, 0.1) is 0 Å². The van der Waals surface area contributed by atoms with Crippen molar-refractivity contribution in [2.75, 3.05) is 5.32 Å². The highest BCUT2D eigenvalue weighted by Crippen LogP contribution is 1.98. The van der Waals surface area contributed by atoms with Gasteiger partial charge < -0.3 is 0 Å². The average Bonchev–Trinajstić information content (AvgIpc) is 2.36. The fourth-order valence-corrected chi connectivity index (χ4v) is 0.544. The van der Waals surface area contributed by atoms with Gasteiger partial charge in [0.15, 0.2) is 0 Å². The summed E-state index contributed by atoms with van der Waals surface area (Å²) in [4.78, 5) is 11.0. The van der Waals surface area contributed by atoms with Gasteiger partial charge in [-0.2, -0.15) is 0 Å². The maximum absolute atomic E-state index is 11.0. The molecule has 0 aliphatic rings. The molecule has 0 atom stereocenters. The molecular formula is C6H9N5O. The molecule has 0 aliphatic heterocycles. The maximum Gasteiger partial charge on any atom is 0.253 e. The lowest BCUT2D eigenvalue weighted by Gasteiger charge is -2.00. The van der Waals surface area contributed by atoms with Crippen LogP contribution < -0.4 is 5.32 Å². The fourth-order valence-electron chi connectivity index (χ4n) is 0.544. The largest absolute Gasteiger partial charge is 0.290 e. The summed E-state index contributed by atoms with van der Waals surface area (Å²) in [5, 5.41) is 12.9. The summed E-state index contributed by atoms with van der Waals surface area (Å²) >= 11 is 0. The van der Waals surface area contributed by atoms with Gasteiger partial charge >= 0.3 is 0 Å². The molecule has 64 valence electrons. The van der Waals surface area contributed by atoms with Crippen LogP contribution in [0, 0.1) is 0 Å². The Bertz CT molecular complexity index is 315. The Morgan fingerprint density at radius 1 is 1.67 bits per heavy atom. The zero-order valence-electron chi connectivity index (χ0n) is 6.90. The van der Waals surface area contributed by atoms with Crippen LogP contribution in [0.25, 0.3) is 0 Å². The van der Waals surface area contributed by atoms with Crippen molar-refractivity contribution >= 4 is 11.9 Å². The number of nitrogens with one attached hydrogen (secondary N) is 1. The Hall–Kier alpha value is -1.72. The van der Waals surface area contributed by atoms with Gasteiger partial charge in [-0.05, 0) is 17.4 Å². The fraction of sp³-hybridized carbons (Fsp3) is 0.333. The zero-order chi connectivity index (χ0) is 9.14. The average molecular weight is 167 g/mol. The molecule has 6 heteroatoms. The van der Waals surface area contributed by atoms with E-state index in [9.17, 15) is 4.79 Å². The van der Waals surface area contributed by atoms with Crippen LogP contribution in [0.15, 0.2) is 12.2 Å². The van der Waals surface area contributed by atoms with Crippen LogP contribution in [-0.4, -0.2) is 26.1 Å². The van der Waals surface area contributed by atoms with Crippen molar-refractivity contribution in [3.8, 4) is 0 Å². The molecule has 1 aromatic heterocycles. The van der Waals surface area contributed by atoms with Crippen LogP contribution in [0.5, 0.6) is 0 Å². The molecule has 1 amide bonds. The first-order chi connectivity index (χ1) is 5.61. The molecule has 6 nitrogen and oxygen atoms in total. The molecule has 0 saturated heterocycles. The summed E-state index contributed by atoms with van der Waals surface area (Å²) in [6, 6.07) is 0. The van der Waals surface area contributed by atoms with E-state index in [0.717, 1.165) is 0 Å². The molecule has 0 unspecified atom stereocenters. The second-order valence-corrected chi connectivity index (χ2v) is 2.36. The number of anilines is 1. The Labute approximate surface area is 69.3 Å². The molecular weight excluding hydrogens is 158 g/mol. The quantitative estimate of drug-likeness (QED) is 0.615. The third-order valence-electron chi connectivity index (χ3n) is 1.23. The van der Waals surface area contributed by atoms with Crippen LogP contribution in [0.2, 0.25) is 0 Å². The molecule has 0 bridgehead atoms. The first-order valence-electron chi connectivity index (χ1n) is 3.30. The van der Waals surface area contributed by atoms with E-state index in [0.29, 0.717) is 11.5 Å². The Balaban J connectivity index is 2.71. The normalized spacial score (nSPS) is 9.50. The van der Waals surface area contributed by atoms with E-state index < -0.39 is 0 Å². The van der Waals surface area contributed by atoms with Gasteiger partial charge in [-0.15, -0.1) is 0 Å². The predicted octanol–water partition coefficient (Wildman–Crippen LogP) is -0.275. The second kappa shape index (κ2) is 3.12. The van der Waals surface area contributed by atoms with Gasteiger partial charge in [-0.3, -0.25) is 10.1 Å². The van der Waals surface area contributed by atoms with Gasteiger partial charge in [0.2, 0.25) is 5.95 Å². The van der Waals surface area contributed by atoms with Gasteiger partial charge in [0.25, 0.3) is 5.91 Å². The van der Waals surface area contributed by atoms with Gasteiger partial charge in [0.1, 0.15) is 0 Å². The lowest BCUT2D eigenvalue weighted by atomic mass is 10.3. The van der Waals surface area contributed by atoms with Crippen LogP contribution in [0.4, 0.5) is 5.95 Å². The Kier molecular flexibility index (Phi) is 2.18. The minimum absolute atomic E-state index is 0.284. The molecule has 0 aromatic carbocycles. The second-order valence-electron chi connectivity index (χ2n) is 2.36. The van der Waals surface area contributed by atoms with Gasteiger partial charge in [-0.25, -0.2) is 4.68 Å². The Morgan fingerprint density at radius 3 is 2.75 bits per heavy atom. The van der Waals surface area contributed by atoms with E-state index in [-0.39, 0.29) is 5.91 Å². The molecule has 1 N–H and O–H groups in total. The molecule has 1 rings (SSSR count). The van der Waals surface area contributed by atoms with Crippen molar-refractivity contribution in [3.05, 3.63) is 12.2 Å². The molecule has 0 saturated carbocycles. The molecule has 0 fully saturated rings. The van der Waals surface area contributed by atoms with E-state index in [4.69, 9.17) is 0 Å². The minimum atomic E-state index is -0.284. The SMILES string of the molecule is C=C(C)C(=O)Nc1nnnn1C. The third kappa shape index (κ3) is 1.66. The van der Waals surface area contributed by atoms with E-state index >= 15 is 0 Å². The predicted molar refractivity (Wildman–Crippen MR) is 42.2 cm³/mol. The zero-order valence-corrected chi connectivity index (χ0v) is 6.90. The van der Waals surface area contributed by atoms with E-state index in [2.05, 4.69) is 27.4 Å². The van der Waals surface area contributed by atoms with Crippen LogP contribution in [0.3, 0.4) is 0 Å². The summed E-state index contributed by atoms with van der Waals surface area (Å²) in [5.41, 5.74) is 0.415. The number of carbonyl (C=O) groups is 1. The first kappa shape index (κ1) is 8.38. The van der Waals surface area contributed by atoms with E-state index in [1.165, 1.54) is 4.68 Å². The number of tetrazole rings is 1. The summed E-state index contributed by atoms with van der Waals surface area (Å²) in [6.45, 7) is 5.09. The third-order valence-corrected chi connectivity index (χ3v) is 1.23. The van der Waals surface area contributed by atoms with Crippen LogP contribution >= 0.6 is 0 Å². The summed E-state index contributed by atoms with van der Waals surface area (Å²) in [7, 11) is 1.63. The van der Waals surface area contributed by atoms with Crippen molar-refractivity contribution in [1.82, 2.24) is 20.2 Å². The minimum Gasteiger partial charge on any atom is -0.290 e. The number of rotatable bonds is 2. The number of nitrogens with zero attached hydrogens (tertiary/aromatic N) is 4. The van der Waals surface area contributed by atoms with Crippen LogP contribution in [-0.2, 0) is 11.8 Å². The lowest BCUT2D eigenvalue weighted by Crippen LogP contribution is -2.15. The topological polar surface area (TPSA) is 72.7 Å². The number of carbonyl (C=O) groups excluding carboxylic acids is 1. The smallest absolute Gasteiger partial charge is 0.253 e.